The molecule has 6 nitrogen and oxygen atoms in total. The molecule has 118 valence electrons. The van der Waals surface area contributed by atoms with E-state index in [9.17, 15) is 4.79 Å². The molecule has 0 fully saturated rings. The fraction of sp³-hybridized carbons (Fsp3) is 0.375. The highest BCUT2D eigenvalue weighted by molar-refractivity contribution is 7.19. The molecule has 0 saturated heterocycles. The summed E-state index contributed by atoms with van der Waals surface area (Å²) in [6, 6.07) is 1.49. The zero-order valence-corrected chi connectivity index (χ0v) is 13.7. The van der Waals surface area contributed by atoms with Crippen molar-refractivity contribution >= 4 is 27.4 Å². The lowest BCUT2D eigenvalue weighted by molar-refractivity contribution is 0.700. The zero-order valence-electron chi connectivity index (χ0n) is 12.8. The van der Waals surface area contributed by atoms with Gasteiger partial charge in [-0.2, -0.15) is 0 Å². The van der Waals surface area contributed by atoms with E-state index < -0.39 is 0 Å². The van der Waals surface area contributed by atoms with Gasteiger partial charge in [0.1, 0.15) is 22.8 Å². The molecule has 0 aliphatic heterocycles. The van der Waals surface area contributed by atoms with Crippen molar-refractivity contribution < 1.29 is 0 Å². The number of nitrogens with zero attached hydrogens (tertiary/aromatic N) is 3. The number of aromatic nitrogens is 4. The lowest BCUT2D eigenvalue weighted by atomic mass is 9.97. The first-order chi connectivity index (χ1) is 11.2. The molecule has 23 heavy (non-hydrogen) atoms. The van der Waals surface area contributed by atoms with Gasteiger partial charge in [-0.1, -0.05) is 0 Å². The van der Waals surface area contributed by atoms with Crippen LogP contribution in [0.2, 0.25) is 0 Å². The lowest BCUT2D eigenvalue weighted by Gasteiger charge is -2.12. The fourth-order valence-electron chi connectivity index (χ4n) is 3.12. The zero-order chi connectivity index (χ0) is 15.8. The first kappa shape index (κ1) is 14.3. The summed E-state index contributed by atoms with van der Waals surface area (Å²) in [6.45, 7) is 2.25. The van der Waals surface area contributed by atoms with Crippen LogP contribution < -0.4 is 10.9 Å². The Labute approximate surface area is 137 Å². The van der Waals surface area contributed by atoms with Crippen molar-refractivity contribution in [1.29, 1.82) is 0 Å². The number of aryl methyl sites for hydroxylation is 3. The minimum absolute atomic E-state index is 0.130. The van der Waals surface area contributed by atoms with Crippen LogP contribution in [0.15, 0.2) is 17.2 Å². The van der Waals surface area contributed by atoms with Gasteiger partial charge in [0, 0.05) is 16.6 Å². The quantitative estimate of drug-likeness (QED) is 0.772. The minimum atomic E-state index is -0.130. The number of nitrogens with one attached hydrogen (secondary N) is 2. The van der Waals surface area contributed by atoms with Gasteiger partial charge in [-0.3, -0.25) is 4.79 Å². The summed E-state index contributed by atoms with van der Waals surface area (Å²) in [5.74, 6) is 1.45. The SMILES string of the molecule is Cc1cc(=O)[nH]c(CNc2ncnc3sc4c(c23)CCCC4)n1. The molecule has 0 atom stereocenters. The Morgan fingerprint density at radius 2 is 2.17 bits per heavy atom. The molecule has 0 aromatic carbocycles. The number of anilines is 1. The number of H-pyrrole nitrogens is 1. The van der Waals surface area contributed by atoms with Gasteiger partial charge in [0.15, 0.2) is 0 Å². The first-order valence-electron chi connectivity index (χ1n) is 7.76. The highest BCUT2D eigenvalue weighted by atomic mass is 32.1. The molecule has 4 rings (SSSR count). The van der Waals surface area contributed by atoms with Crippen molar-refractivity contribution in [3.05, 3.63) is 44.7 Å². The maximum atomic E-state index is 11.5. The Morgan fingerprint density at radius 3 is 3.04 bits per heavy atom. The van der Waals surface area contributed by atoms with Crippen LogP contribution in [0.4, 0.5) is 5.82 Å². The minimum Gasteiger partial charge on any atom is -0.362 e. The predicted molar refractivity (Wildman–Crippen MR) is 91.0 cm³/mol. The van der Waals surface area contributed by atoms with Crippen LogP contribution in [0.3, 0.4) is 0 Å². The van der Waals surface area contributed by atoms with E-state index in [4.69, 9.17) is 0 Å². The lowest BCUT2D eigenvalue weighted by Crippen LogP contribution is -2.14. The van der Waals surface area contributed by atoms with Crippen molar-refractivity contribution in [2.24, 2.45) is 0 Å². The Balaban J connectivity index is 1.69. The number of hydrogen-bond acceptors (Lipinski definition) is 6. The van der Waals surface area contributed by atoms with E-state index in [0.717, 1.165) is 28.9 Å². The average Bonchev–Trinajstić information content (AvgIpc) is 2.91. The van der Waals surface area contributed by atoms with Gasteiger partial charge < -0.3 is 10.3 Å². The molecule has 0 bridgehead atoms. The maximum Gasteiger partial charge on any atom is 0.251 e. The summed E-state index contributed by atoms with van der Waals surface area (Å²) in [4.78, 5) is 30.0. The number of hydrogen-bond donors (Lipinski definition) is 2. The molecule has 7 heteroatoms. The number of aromatic amines is 1. The number of fused-ring (bicyclic) bond motifs is 3. The van der Waals surface area contributed by atoms with E-state index >= 15 is 0 Å². The van der Waals surface area contributed by atoms with Crippen molar-refractivity contribution in [2.75, 3.05) is 5.32 Å². The molecule has 3 aromatic heterocycles. The van der Waals surface area contributed by atoms with E-state index in [1.54, 1.807) is 17.7 Å². The van der Waals surface area contributed by atoms with Gasteiger partial charge in [0.05, 0.1) is 11.9 Å². The summed E-state index contributed by atoms with van der Waals surface area (Å²) in [7, 11) is 0. The molecule has 1 aliphatic carbocycles. The van der Waals surface area contributed by atoms with Crippen LogP contribution in [0.5, 0.6) is 0 Å². The topological polar surface area (TPSA) is 83.6 Å². The van der Waals surface area contributed by atoms with Crippen LogP contribution in [-0.2, 0) is 19.4 Å². The van der Waals surface area contributed by atoms with Crippen LogP contribution in [0.1, 0.15) is 34.8 Å². The fourth-order valence-corrected chi connectivity index (χ4v) is 4.35. The summed E-state index contributed by atoms with van der Waals surface area (Å²) < 4.78 is 0. The molecule has 3 heterocycles. The average molecular weight is 327 g/mol. The van der Waals surface area contributed by atoms with Crippen LogP contribution in [0.25, 0.3) is 10.2 Å². The highest BCUT2D eigenvalue weighted by Gasteiger charge is 2.19. The normalized spacial score (nSPS) is 14.0. The van der Waals surface area contributed by atoms with E-state index in [2.05, 4.69) is 25.3 Å². The Kier molecular flexibility index (Phi) is 3.57. The van der Waals surface area contributed by atoms with Crippen molar-refractivity contribution in [1.82, 2.24) is 19.9 Å². The van der Waals surface area contributed by atoms with Gasteiger partial charge in [-0.15, -0.1) is 11.3 Å². The molecule has 0 unspecified atom stereocenters. The standard InChI is InChI=1S/C16H17N5OS/c1-9-6-13(22)21-12(20-9)7-17-15-14-10-4-2-3-5-11(10)23-16(14)19-8-18-15/h6,8H,2-5,7H2,1H3,(H,17,18,19)(H,20,21,22). The molecule has 0 radical (unpaired) electrons. The Bertz CT molecular complexity index is 930. The third-order valence-corrected chi connectivity index (χ3v) is 5.29. The molecule has 0 saturated carbocycles. The highest BCUT2D eigenvalue weighted by Crippen LogP contribution is 2.38. The molecule has 2 N–H and O–H groups in total. The third-order valence-electron chi connectivity index (χ3n) is 4.09. The van der Waals surface area contributed by atoms with Crippen molar-refractivity contribution in [2.45, 2.75) is 39.2 Å². The van der Waals surface area contributed by atoms with E-state index in [1.807, 2.05) is 6.92 Å². The Hall–Kier alpha value is -2.28. The van der Waals surface area contributed by atoms with Gasteiger partial charge in [0.2, 0.25) is 0 Å². The second-order valence-electron chi connectivity index (χ2n) is 5.80. The van der Waals surface area contributed by atoms with E-state index in [1.165, 1.54) is 29.3 Å². The summed E-state index contributed by atoms with van der Waals surface area (Å²) >= 11 is 1.78. The first-order valence-corrected chi connectivity index (χ1v) is 8.58. The van der Waals surface area contributed by atoms with Crippen molar-refractivity contribution in [3.63, 3.8) is 0 Å². The van der Waals surface area contributed by atoms with Crippen LogP contribution in [0, 0.1) is 6.92 Å². The molecule has 0 amide bonds. The van der Waals surface area contributed by atoms with Gasteiger partial charge >= 0.3 is 0 Å². The largest absolute Gasteiger partial charge is 0.362 e. The van der Waals surface area contributed by atoms with E-state index in [-0.39, 0.29) is 5.56 Å². The smallest absolute Gasteiger partial charge is 0.251 e. The predicted octanol–water partition coefficient (Wildman–Crippen LogP) is 2.57. The molecular weight excluding hydrogens is 310 g/mol. The van der Waals surface area contributed by atoms with Gasteiger partial charge in [0.25, 0.3) is 5.56 Å². The second kappa shape index (κ2) is 5.73. The molecule has 3 aromatic rings. The van der Waals surface area contributed by atoms with Crippen molar-refractivity contribution in [3.8, 4) is 0 Å². The Morgan fingerprint density at radius 1 is 1.30 bits per heavy atom. The summed E-state index contributed by atoms with van der Waals surface area (Å²) in [5.41, 5.74) is 1.98. The number of thiophene rings is 1. The van der Waals surface area contributed by atoms with Gasteiger partial charge in [-0.05, 0) is 38.2 Å². The van der Waals surface area contributed by atoms with Crippen LogP contribution in [-0.4, -0.2) is 19.9 Å². The maximum absolute atomic E-state index is 11.5. The second-order valence-corrected chi connectivity index (χ2v) is 6.88. The number of rotatable bonds is 3. The summed E-state index contributed by atoms with van der Waals surface area (Å²) in [6.07, 6.45) is 6.31. The third kappa shape index (κ3) is 2.72. The monoisotopic (exact) mass is 327 g/mol. The summed E-state index contributed by atoms with van der Waals surface area (Å²) in [5, 5.41) is 4.46. The van der Waals surface area contributed by atoms with E-state index in [0.29, 0.717) is 18.1 Å². The van der Waals surface area contributed by atoms with Crippen LogP contribution >= 0.6 is 11.3 Å². The molecule has 1 aliphatic rings. The molecule has 0 spiro atoms. The van der Waals surface area contributed by atoms with Gasteiger partial charge in [-0.25, -0.2) is 15.0 Å². The molecular formula is C16H17N5OS.